The number of rotatable bonds is 1. The van der Waals surface area contributed by atoms with Crippen molar-refractivity contribution >= 4 is 24.4 Å². The Labute approximate surface area is 156 Å². The minimum atomic E-state index is -1.26. The number of piperazine rings is 1. The normalized spacial score (nSPS) is 35.5. The molecule has 4 unspecified atom stereocenters. The third-order valence-corrected chi connectivity index (χ3v) is 6.20. The Morgan fingerprint density at radius 2 is 1.96 bits per heavy atom. The van der Waals surface area contributed by atoms with Crippen LogP contribution in [0.4, 0.5) is 0 Å². The number of thiol groups is 1. The lowest BCUT2D eigenvalue weighted by Gasteiger charge is -2.46. The average molecular weight is 373 g/mol. The SMILES string of the molecule is CN1C(=O)C2CC(C)(C#N)C(c3ccc4c(c3)OCO4)N2C(=O)C1(C)S. The van der Waals surface area contributed by atoms with Gasteiger partial charge >= 0.3 is 0 Å². The van der Waals surface area contributed by atoms with E-state index in [0.29, 0.717) is 11.5 Å². The fourth-order valence-electron chi connectivity index (χ4n) is 4.11. The van der Waals surface area contributed by atoms with Crippen LogP contribution in [0.2, 0.25) is 0 Å². The van der Waals surface area contributed by atoms with Gasteiger partial charge in [-0.15, -0.1) is 12.6 Å². The monoisotopic (exact) mass is 373 g/mol. The predicted octanol–water partition coefficient (Wildman–Crippen LogP) is 1.71. The highest BCUT2D eigenvalue weighted by atomic mass is 32.1. The summed E-state index contributed by atoms with van der Waals surface area (Å²) in [7, 11) is 1.57. The maximum atomic E-state index is 13.2. The quantitative estimate of drug-likeness (QED) is 0.758. The molecule has 7 nitrogen and oxygen atoms in total. The fourth-order valence-corrected chi connectivity index (χ4v) is 4.32. The molecule has 0 N–H and O–H groups in total. The van der Waals surface area contributed by atoms with Crippen molar-refractivity contribution in [2.75, 3.05) is 13.8 Å². The first-order valence-corrected chi connectivity index (χ1v) is 8.79. The molecule has 4 atom stereocenters. The lowest BCUT2D eigenvalue weighted by Crippen LogP contribution is -2.65. The zero-order valence-electron chi connectivity index (χ0n) is 14.7. The van der Waals surface area contributed by atoms with Crippen LogP contribution in [0.5, 0.6) is 11.5 Å². The second kappa shape index (κ2) is 5.30. The highest BCUT2D eigenvalue weighted by Gasteiger charge is 2.62. The highest BCUT2D eigenvalue weighted by Crippen LogP contribution is 2.54. The van der Waals surface area contributed by atoms with Gasteiger partial charge in [0.2, 0.25) is 12.7 Å². The molecular weight excluding hydrogens is 354 g/mol. The van der Waals surface area contributed by atoms with Crippen LogP contribution in [-0.4, -0.2) is 46.4 Å². The van der Waals surface area contributed by atoms with Crippen LogP contribution in [0.1, 0.15) is 31.9 Å². The van der Waals surface area contributed by atoms with Crippen LogP contribution in [0.15, 0.2) is 18.2 Å². The summed E-state index contributed by atoms with van der Waals surface area (Å²) in [6.07, 6.45) is 0.279. The van der Waals surface area contributed by atoms with Crippen molar-refractivity contribution in [1.82, 2.24) is 9.80 Å². The summed E-state index contributed by atoms with van der Waals surface area (Å²) in [5.74, 6) is 0.718. The van der Waals surface area contributed by atoms with E-state index in [2.05, 4.69) is 18.7 Å². The Morgan fingerprint density at radius 1 is 1.27 bits per heavy atom. The molecule has 2 fully saturated rings. The number of nitriles is 1. The number of carbonyl (C=O) groups is 2. The molecule has 2 saturated heterocycles. The van der Waals surface area contributed by atoms with E-state index in [1.807, 2.05) is 6.07 Å². The van der Waals surface area contributed by atoms with Crippen molar-refractivity contribution in [3.05, 3.63) is 23.8 Å². The Morgan fingerprint density at radius 3 is 2.65 bits per heavy atom. The van der Waals surface area contributed by atoms with Crippen LogP contribution < -0.4 is 9.47 Å². The number of benzene rings is 1. The average Bonchev–Trinajstić information content (AvgIpc) is 3.20. The van der Waals surface area contributed by atoms with E-state index in [9.17, 15) is 14.9 Å². The third kappa shape index (κ3) is 2.07. The van der Waals surface area contributed by atoms with Gasteiger partial charge in [0, 0.05) is 7.05 Å². The van der Waals surface area contributed by atoms with Crippen LogP contribution in [0, 0.1) is 16.7 Å². The van der Waals surface area contributed by atoms with Gasteiger partial charge < -0.3 is 19.3 Å². The van der Waals surface area contributed by atoms with Crippen LogP contribution in [-0.2, 0) is 9.59 Å². The minimum absolute atomic E-state index is 0.141. The summed E-state index contributed by atoms with van der Waals surface area (Å²) in [5, 5.41) is 9.88. The fraction of sp³-hybridized carbons (Fsp3) is 0.500. The Kier molecular flexibility index (Phi) is 3.47. The van der Waals surface area contributed by atoms with Gasteiger partial charge in [0.05, 0.1) is 17.5 Å². The molecule has 3 aliphatic heterocycles. The number of fused-ring (bicyclic) bond motifs is 2. The standard InChI is InChI=1S/C18H19N3O4S/c1-17(8-19)7-11-15(22)20(3)18(2,26)16(23)21(11)14(17)10-4-5-12-13(6-10)25-9-24-12/h4-6,11,14,26H,7,9H2,1-3H3. The van der Waals surface area contributed by atoms with E-state index in [0.717, 1.165) is 5.56 Å². The molecule has 0 radical (unpaired) electrons. The van der Waals surface area contributed by atoms with E-state index >= 15 is 0 Å². The molecule has 0 spiro atoms. The molecule has 136 valence electrons. The first kappa shape index (κ1) is 17.0. The summed E-state index contributed by atoms with van der Waals surface area (Å²) in [6, 6.07) is 6.47. The van der Waals surface area contributed by atoms with Crippen molar-refractivity contribution in [3.63, 3.8) is 0 Å². The topological polar surface area (TPSA) is 82.9 Å². The molecule has 8 heteroatoms. The summed E-state index contributed by atoms with van der Waals surface area (Å²) in [4.78, 5) is 27.7. The summed E-state index contributed by atoms with van der Waals surface area (Å²) >= 11 is 4.44. The first-order chi connectivity index (χ1) is 12.2. The molecule has 2 amide bonds. The van der Waals surface area contributed by atoms with Gasteiger partial charge in [-0.2, -0.15) is 5.26 Å². The Balaban J connectivity index is 1.85. The lowest BCUT2D eigenvalue weighted by atomic mass is 9.79. The highest BCUT2D eigenvalue weighted by molar-refractivity contribution is 7.82. The van der Waals surface area contributed by atoms with Crippen molar-refractivity contribution in [2.24, 2.45) is 5.41 Å². The van der Waals surface area contributed by atoms with Crippen molar-refractivity contribution in [1.29, 1.82) is 5.26 Å². The van der Waals surface area contributed by atoms with E-state index in [-0.39, 0.29) is 25.0 Å². The van der Waals surface area contributed by atoms with Crippen LogP contribution in [0.25, 0.3) is 0 Å². The molecule has 0 aliphatic carbocycles. The van der Waals surface area contributed by atoms with Crippen molar-refractivity contribution in [3.8, 4) is 17.6 Å². The van der Waals surface area contributed by atoms with E-state index < -0.39 is 22.4 Å². The van der Waals surface area contributed by atoms with E-state index in [1.54, 1.807) is 33.0 Å². The zero-order chi connectivity index (χ0) is 18.9. The number of hydrogen-bond donors (Lipinski definition) is 1. The van der Waals surface area contributed by atoms with E-state index in [4.69, 9.17) is 9.47 Å². The van der Waals surface area contributed by atoms with Crippen LogP contribution >= 0.6 is 12.6 Å². The zero-order valence-corrected chi connectivity index (χ0v) is 15.6. The second-order valence-electron chi connectivity index (χ2n) is 7.39. The lowest BCUT2D eigenvalue weighted by molar-refractivity contribution is -0.161. The van der Waals surface area contributed by atoms with Crippen LogP contribution in [0.3, 0.4) is 0 Å². The Hall–Kier alpha value is -2.40. The summed E-state index contributed by atoms with van der Waals surface area (Å²) < 4.78 is 10.8. The van der Waals surface area contributed by atoms with Gasteiger partial charge in [0.25, 0.3) is 5.91 Å². The summed E-state index contributed by atoms with van der Waals surface area (Å²) in [5.41, 5.74) is -0.158. The van der Waals surface area contributed by atoms with Gasteiger partial charge in [-0.05, 0) is 38.0 Å². The molecule has 26 heavy (non-hydrogen) atoms. The van der Waals surface area contributed by atoms with Gasteiger partial charge in [-0.1, -0.05) is 6.07 Å². The number of ether oxygens (including phenoxy) is 2. The van der Waals surface area contributed by atoms with Gasteiger partial charge in [0.1, 0.15) is 6.04 Å². The van der Waals surface area contributed by atoms with E-state index in [1.165, 1.54) is 9.80 Å². The summed E-state index contributed by atoms with van der Waals surface area (Å²) in [6.45, 7) is 3.53. The molecule has 1 aromatic rings. The van der Waals surface area contributed by atoms with Crippen molar-refractivity contribution < 1.29 is 19.1 Å². The van der Waals surface area contributed by atoms with Gasteiger partial charge in [0.15, 0.2) is 16.4 Å². The number of carbonyl (C=O) groups excluding carboxylic acids is 2. The number of amides is 2. The van der Waals surface area contributed by atoms with Crippen molar-refractivity contribution in [2.45, 2.75) is 37.2 Å². The molecule has 4 rings (SSSR count). The molecular formula is C18H19N3O4S. The third-order valence-electron chi connectivity index (χ3n) is 5.71. The Bertz CT molecular complexity index is 864. The first-order valence-electron chi connectivity index (χ1n) is 8.34. The smallest absolute Gasteiger partial charge is 0.259 e. The molecule has 0 bridgehead atoms. The molecule has 3 heterocycles. The molecule has 3 aliphatic rings. The molecule has 1 aromatic carbocycles. The minimum Gasteiger partial charge on any atom is -0.454 e. The maximum absolute atomic E-state index is 13.2. The molecule has 0 saturated carbocycles. The van der Waals surface area contributed by atoms with Gasteiger partial charge in [-0.25, -0.2) is 0 Å². The van der Waals surface area contributed by atoms with Gasteiger partial charge in [-0.3, -0.25) is 9.59 Å². The number of hydrogen-bond acceptors (Lipinski definition) is 6. The predicted molar refractivity (Wildman–Crippen MR) is 94.4 cm³/mol. The second-order valence-corrected chi connectivity index (χ2v) is 8.27. The number of likely N-dealkylation sites (N-methyl/N-ethyl adjacent to an activating group) is 1. The molecule has 0 aromatic heterocycles. The number of nitrogens with zero attached hydrogens (tertiary/aromatic N) is 3. The maximum Gasteiger partial charge on any atom is 0.259 e. The largest absolute Gasteiger partial charge is 0.454 e.